The molecule has 0 aliphatic carbocycles. The van der Waals surface area contributed by atoms with E-state index in [9.17, 15) is 0 Å². The molecule has 0 aliphatic heterocycles. The Hall–Kier alpha value is -2.48. The van der Waals surface area contributed by atoms with Gasteiger partial charge in [-0.05, 0) is 30.7 Å². The average molecular weight is 241 g/mol. The molecule has 2 rings (SSSR count). The summed E-state index contributed by atoms with van der Waals surface area (Å²) in [6.45, 7) is 2.53. The van der Waals surface area contributed by atoms with Crippen LogP contribution in [-0.4, -0.2) is 9.78 Å². The highest BCUT2D eigenvalue weighted by molar-refractivity contribution is 5.52. The van der Waals surface area contributed by atoms with E-state index >= 15 is 0 Å². The van der Waals surface area contributed by atoms with Gasteiger partial charge in [0.1, 0.15) is 5.82 Å². The molecular formula is C13H15N5. The molecule has 0 aliphatic rings. The number of nitrogen functional groups attached to an aromatic ring is 1. The van der Waals surface area contributed by atoms with Crippen LogP contribution in [0.2, 0.25) is 0 Å². The Kier molecular flexibility index (Phi) is 3.20. The Morgan fingerprint density at radius 2 is 2.28 bits per heavy atom. The van der Waals surface area contributed by atoms with E-state index in [1.165, 1.54) is 0 Å². The van der Waals surface area contributed by atoms with E-state index in [1.807, 2.05) is 32.2 Å². The van der Waals surface area contributed by atoms with Crippen molar-refractivity contribution in [1.82, 2.24) is 9.78 Å². The number of hydrogen-bond acceptors (Lipinski definition) is 4. The highest BCUT2D eigenvalue weighted by Gasteiger charge is 2.04. The van der Waals surface area contributed by atoms with Crippen molar-refractivity contribution in [2.45, 2.75) is 13.5 Å². The minimum absolute atomic E-state index is 0.616. The number of anilines is 2. The molecule has 2 aromatic rings. The average Bonchev–Trinajstić information content (AvgIpc) is 2.68. The maximum absolute atomic E-state index is 8.86. The van der Waals surface area contributed by atoms with Crippen molar-refractivity contribution in [2.75, 3.05) is 11.1 Å². The fourth-order valence-corrected chi connectivity index (χ4v) is 1.73. The minimum atomic E-state index is 0.616. The van der Waals surface area contributed by atoms with E-state index < -0.39 is 0 Å². The zero-order valence-corrected chi connectivity index (χ0v) is 10.4. The topological polar surface area (TPSA) is 79.7 Å². The number of aromatic nitrogens is 2. The van der Waals surface area contributed by atoms with Crippen LogP contribution in [-0.2, 0) is 13.6 Å². The van der Waals surface area contributed by atoms with Crippen LogP contribution < -0.4 is 11.1 Å². The Labute approximate surface area is 106 Å². The number of hydrogen-bond donors (Lipinski definition) is 2. The summed E-state index contributed by atoms with van der Waals surface area (Å²) in [7, 11) is 1.81. The van der Waals surface area contributed by atoms with Crippen molar-refractivity contribution >= 4 is 11.5 Å². The third kappa shape index (κ3) is 2.28. The molecule has 1 aromatic heterocycles. The van der Waals surface area contributed by atoms with Gasteiger partial charge in [0.2, 0.25) is 0 Å². The number of benzene rings is 1. The number of nitrogens with one attached hydrogen (secondary N) is 1. The summed E-state index contributed by atoms with van der Waals surface area (Å²) < 4.78 is 1.64. The second kappa shape index (κ2) is 4.80. The molecule has 3 N–H and O–H groups in total. The van der Waals surface area contributed by atoms with Crippen LogP contribution in [0, 0.1) is 18.3 Å². The van der Waals surface area contributed by atoms with E-state index in [0.717, 1.165) is 16.8 Å². The van der Waals surface area contributed by atoms with Gasteiger partial charge in [0.05, 0.1) is 17.8 Å². The lowest BCUT2D eigenvalue weighted by Gasteiger charge is -2.07. The Morgan fingerprint density at radius 3 is 2.83 bits per heavy atom. The standard InChI is InChI=1S/C13H15N5/c1-9-5-12(4-3-10(9)6-14)16-7-11-8-17-18(2)13(11)15/h3-5,8,16H,7,15H2,1-2H3. The Bertz CT molecular complexity index is 606. The van der Waals surface area contributed by atoms with Crippen LogP contribution in [0.5, 0.6) is 0 Å². The van der Waals surface area contributed by atoms with Gasteiger partial charge in [0.15, 0.2) is 0 Å². The SMILES string of the molecule is Cc1cc(NCc2cnn(C)c2N)ccc1C#N. The minimum Gasteiger partial charge on any atom is -0.384 e. The molecule has 5 heteroatoms. The molecule has 0 saturated heterocycles. The van der Waals surface area contributed by atoms with Gasteiger partial charge in [-0.2, -0.15) is 10.4 Å². The van der Waals surface area contributed by atoms with Gasteiger partial charge in [-0.3, -0.25) is 4.68 Å². The van der Waals surface area contributed by atoms with Gasteiger partial charge in [-0.15, -0.1) is 0 Å². The first kappa shape index (κ1) is 12.0. The van der Waals surface area contributed by atoms with Crippen molar-refractivity contribution in [3.05, 3.63) is 41.1 Å². The molecule has 0 saturated carbocycles. The van der Waals surface area contributed by atoms with Crippen molar-refractivity contribution in [3.8, 4) is 6.07 Å². The number of nitriles is 1. The molecule has 0 amide bonds. The molecule has 0 atom stereocenters. The summed E-state index contributed by atoms with van der Waals surface area (Å²) in [5.74, 6) is 0.660. The van der Waals surface area contributed by atoms with Crippen LogP contribution in [0.1, 0.15) is 16.7 Å². The molecule has 1 aromatic carbocycles. The summed E-state index contributed by atoms with van der Waals surface area (Å²) in [6.07, 6.45) is 1.75. The van der Waals surface area contributed by atoms with E-state index in [-0.39, 0.29) is 0 Å². The molecular weight excluding hydrogens is 226 g/mol. The van der Waals surface area contributed by atoms with Crippen molar-refractivity contribution < 1.29 is 0 Å². The molecule has 0 spiro atoms. The van der Waals surface area contributed by atoms with Crippen molar-refractivity contribution in [3.63, 3.8) is 0 Å². The predicted molar refractivity (Wildman–Crippen MR) is 70.8 cm³/mol. The normalized spacial score (nSPS) is 10.1. The highest BCUT2D eigenvalue weighted by Crippen LogP contribution is 2.16. The largest absolute Gasteiger partial charge is 0.384 e. The third-order valence-corrected chi connectivity index (χ3v) is 2.89. The lowest BCUT2D eigenvalue weighted by Crippen LogP contribution is -2.04. The zero-order valence-electron chi connectivity index (χ0n) is 10.4. The monoisotopic (exact) mass is 241 g/mol. The van der Waals surface area contributed by atoms with Crippen LogP contribution >= 0.6 is 0 Å². The Morgan fingerprint density at radius 1 is 1.50 bits per heavy atom. The highest BCUT2D eigenvalue weighted by atomic mass is 15.3. The first-order chi connectivity index (χ1) is 8.61. The smallest absolute Gasteiger partial charge is 0.126 e. The van der Waals surface area contributed by atoms with Crippen molar-refractivity contribution in [2.24, 2.45) is 7.05 Å². The van der Waals surface area contributed by atoms with E-state index in [0.29, 0.717) is 17.9 Å². The quantitative estimate of drug-likeness (QED) is 0.858. The molecule has 0 bridgehead atoms. The number of nitrogens with two attached hydrogens (primary N) is 1. The molecule has 0 fully saturated rings. The van der Waals surface area contributed by atoms with Crippen LogP contribution in [0.3, 0.4) is 0 Å². The first-order valence-electron chi connectivity index (χ1n) is 5.63. The lowest BCUT2D eigenvalue weighted by atomic mass is 10.1. The number of rotatable bonds is 3. The predicted octanol–water partition coefficient (Wildman–Crippen LogP) is 1.79. The zero-order chi connectivity index (χ0) is 13.1. The molecule has 18 heavy (non-hydrogen) atoms. The maximum Gasteiger partial charge on any atom is 0.126 e. The summed E-state index contributed by atoms with van der Waals surface area (Å²) in [6, 6.07) is 7.79. The van der Waals surface area contributed by atoms with Gasteiger partial charge in [-0.25, -0.2) is 0 Å². The van der Waals surface area contributed by atoms with Gasteiger partial charge in [-0.1, -0.05) is 0 Å². The molecule has 0 unspecified atom stereocenters. The Balaban J connectivity index is 2.09. The third-order valence-electron chi connectivity index (χ3n) is 2.89. The summed E-state index contributed by atoms with van der Waals surface area (Å²) >= 11 is 0. The first-order valence-corrected chi connectivity index (χ1v) is 5.63. The molecule has 5 nitrogen and oxygen atoms in total. The van der Waals surface area contributed by atoms with Crippen LogP contribution in [0.15, 0.2) is 24.4 Å². The number of nitrogens with zero attached hydrogens (tertiary/aromatic N) is 3. The summed E-state index contributed by atoms with van der Waals surface area (Å²) in [5, 5.41) is 16.2. The number of aryl methyl sites for hydroxylation is 2. The second-order valence-electron chi connectivity index (χ2n) is 4.17. The van der Waals surface area contributed by atoms with Gasteiger partial charge < -0.3 is 11.1 Å². The van der Waals surface area contributed by atoms with Crippen LogP contribution in [0.25, 0.3) is 0 Å². The van der Waals surface area contributed by atoms with Crippen molar-refractivity contribution in [1.29, 1.82) is 5.26 Å². The van der Waals surface area contributed by atoms with Gasteiger partial charge in [0.25, 0.3) is 0 Å². The molecule has 1 heterocycles. The van der Waals surface area contributed by atoms with Crippen LogP contribution in [0.4, 0.5) is 11.5 Å². The lowest BCUT2D eigenvalue weighted by molar-refractivity contribution is 0.778. The van der Waals surface area contributed by atoms with Gasteiger partial charge >= 0.3 is 0 Å². The second-order valence-corrected chi connectivity index (χ2v) is 4.17. The molecule has 92 valence electrons. The van der Waals surface area contributed by atoms with E-state index in [1.54, 1.807) is 10.9 Å². The van der Waals surface area contributed by atoms with E-state index in [2.05, 4.69) is 16.5 Å². The summed E-state index contributed by atoms with van der Waals surface area (Å²) in [4.78, 5) is 0. The maximum atomic E-state index is 8.86. The van der Waals surface area contributed by atoms with E-state index in [4.69, 9.17) is 11.0 Å². The molecule has 0 radical (unpaired) electrons. The fraction of sp³-hybridized carbons (Fsp3) is 0.231. The van der Waals surface area contributed by atoms with Gasteiger partial charge in [0, 0.05) is 24.8 Å². The fourth-order valence-electron chi connectivity index (χ4n) is 1.73. The summed E-state index contributed by atoms with van der Waals surface area (Å²) in [5.41, 5.74) is 9.44.